The molecule has 0 saturated carbocycles. The minimum absolute atomic E-state index is 0.234. The van der Waals surface area contributed by atoms with E-state index in [2.05, 4.69) is 10.2 Å². The van der Waals surface area contributed by atoms with Gasteiger partial charge in [0, 0.05) is 0 Å². The molecule has 0 atom stereocenters. The summed E-state index contributed by atoms with van der Waals surface area (Å²) in [4.78, 5) is 11.0. The number of ether oxygens (including phenoxy) is 1. The van der Waals surface area contributed by atoms with Crippen molar-refractivity contribution in [2.75, 3.05) is 12.8 Å². The van der Waals surface area contributed by atoms with Crippen LogP contribution < -0.4 is 10.5 Å². The minimum Gasteiger partial charge on any atom is -0.507 e. The molecule has 0 aliphatic heterocycles. The summed E-state index contributed by atoms with van der Waals surface area (Å²) in [6.07, 6.45) is 0. The molecule has 22 heavy (non-hydrogen) atoms. The van der Waals surface area contributed by atoms with Gasteiger partial charge >= 0.3 is 5.97 Å². The van der Waals surface area contributed by atoms with E-state index in [1.54, 1.807) is 12.1 Å². The lowest BCUT2D eigenvalue weighted by Gasteiger charge is -2.07. The zero-order chi connectivity index (χ0) is 16.3. The Bertz CT molecular complexity index is 757. The van der Waals surface area contributed by atoms with Gasteiger partial charge in [-0.15, -0.1) is 0 Å². The molecule has 0 bridgehead atoms. The number of nitrogens with zero attached hydrogens (tertiary/aromatic N) is 2. The molecule has 2 rings (SSSR count). The van der Waals surface area contributed by atoms with E-state index in [9.17, 15) is 9.90 Å². The molecule has 114 valence electrons. The van der Waals surface area contributed by atoms with Crippen molar-refractivity contribution in [1.29, 1.82) is 0 Å². The predicted octanol–water partition coefficient (Wildman–Crippen LogP) is 3.41. The molecule has 0 aliphatic rings. The van der Waals surface area contributed by atoms with E-state index < -0.39 is 5.97 Å². The number of aromatic carboxylic acids is 1. The summed E-state index contributed by atoms with van der Waals surface area (Å²) in [7, 11) is 1.52. The van der Waals surface area contributed by atoms with Gasteiger partial charge in [0.25, 0.3) is 0 Å². The Morgan fingerprint density at radius 3 is 2.59 bits per heavy atom. The van der Waals surface area contributed by atoms with Crippen LogP contribution in [-0.4, -0.2) is 23.3 Å². The molecule has 7 nitrogen and oxygen atoms in total. The van der Waals surface area contributed by atoms with E-state index >= 15 is 0 Å². The summed E-state index contributed by atoms with van der Waals surface area (Å²) in [6.45, 7) is 1.83. The number of nitrogen functional groups attached to an aromatic ring is 1. The molecule has 0 aromatic heterocycles. The van der Waals surface area contributed by atoms with Crippen LogP contribution in [0.25, 0.3) is 0 Å². The van der Waals surface area contributed by atoms with Crippen molar-refractivity contribution in [2.45, 2.75) is 6.92 Å². The fourth-order valence-electron chi connectivity index (χ4n) is 1.84. The lowest BCUT2D eigenvalue weighted by molar-refractivity contribution is 0.0694. The fourth-order valence-corrected chi connectivity index (χ4v) is 1.84. The number of anilines is 1. The molecule has 0 radical (unpaired) electrons. The van der Waals surface area contributed by atoms with Crippen LogP contribution in [-0.2, 0) is 0 Å². The first kappa shape index (κ1) is 15.3. The molecule has 0 fully saturated rings. The van der Waals surface area contributed by atoms with Crippen LogP contribution in [0.15, 0.2) is 40.6 Å². The lowest BCUT2D eigenvalue weighted by Crippen LogP contribution is -1.95. The van der Waals surface area contributed by atoms with Crippen LogP contribution in [0.1, 0.15) is 15.9 Å². The molecule has 4 N–H and O–H groups in total. The van der Waals surface area contributed by atoms with Crippen molar-refractivity contribution in [1.82, 2.24) is 0 Å². The topological polar surface area (TPSA) is 118 Å². The molecule has 0 unspecified atom stereocenters. The first-order valence-electron chi connectivity index (χ1n) is 6.34. The monoisotopic (exact) mass is 301 g/mol. The van der Waals surface area contributed by atoms with E-state index in [1.165, 1.54) is 25.3 Å². The Morgan fingerprint density at radius 2 is 1.95 bits per heavy atom. The number of aromatic hydroxyl groups is 1. The summed E-state index contributed by atoms with van der Waals surface area (Å²) < 4.78 is 5.11. The van der Waals surface area contributed by atoms with Crippen molar-refractivity contribution in [2.24, 2.45) is 10.2 Å². The van der Waals surface area contributed by atoms with Crippen LogP contribution in [0, 0.1) is 6.92 Å². The normalized spacial score (nSPS) is 10.8. The number of benzene rings is 2. The largest absolute Gasteiger partial charge is 0.507 e. The van der Waals surface area contributed by atoms with E-state index in [0.717, 1.165) is 5.56 Å². The minimum atomic E-state index is -1.24. The number of aryl methyl sites for hydroxylation is 1. The number of methoxy groups -OCH3 is 1. The highest BCUT2D eigenvalue weighted by atomic mass is 16.5. The Labute approximate surface area is 126 Å². The average Bonchev–Trinajstić information content (AvgIpc) is 2.48. The number of carboxylic acids is 1. The number of rotatable bonds is 4. The number of carbonyl (C=O) groups is 1. The van der Waals surface area contributed by atoms with Crippen LogP contribution in [0.2, 0.25) is 0 Å². The third-order valence-electron chi connectivity index (χ3n) is 3.03. The fraction of sp³-hybridized carbons (Fsp3) is 0.133. The second kappa shape index (κ2) is 6.13. The quantitative estimate of drug-likeness (QED) is 0.591. The third-order valence-corrected chi connectivity index (χ3v) is 3.03. The number of phenols is 1. The summed E-state index contributed by atoms with van der Waals surface area (Å²) in [5.74, 6) is -1.01. The van der Waals surface area contributed by atoms with Crippen molar-refractivity contribution in [3.63, 3.8) is 0 Å². The van der Waals surface area contributed by atoms with E-state index in [0.29, 0.717) is 22.8 Å². The maximum atomic E-state index is 11.0. The van der Waals surface area contributed by atoms with Gasteiger partial charge in [0.15, 0.2) is 0 Å². The maximum absolute atomic E-state index is 11.0. The Hall–Kier alpha value is -3.09. The van der Waals surface area contributed by atoms with Crippen LogP contribution in [0.4, 0.5) is 17.1 Å². The average molecular weight is 301 g/mol. The van der Waals surface area contributed by atoms with Crippen LogP contribution >= 0.6 is 0 Å². The standard InChI is InChI=1S/C15H15N3O4/c1-8-5-14(22-2)11(16)7-12(8)18-17-9-3-4-13(19)10(6-9)15(20)21/h3-7,19H,16H2,1-2H3,(H,20,21). The van der Waals surface area contributed by atoms with Gasteiger partial charge in [-0.1, -0.05) is 0 Å². The second-order valence-electron chi connectivity index (χ2n) is 4.59. The van der Waals surface area contributed by atoms with Crippen molar-refractivity contribution in [3.05, 3.63) is 41.5 Å². The van der Waals surface area contributed by atoms with Gasteiger partial charge in [-0.2, -0.15) is 10.2 Å². The smallest absolute Gasteiger partial charge is 0.339 e. The first-order chi connectivity index (χ1) is 10.4. The summed E-state index contributed by atoms with van der Waals surface area (Å²) in [6, 6.07) is 7.32. The van der Waals surface area contributed by atoms with Gasteiger partial charge < -0.3 is 20.7 Å². The molecule has 2 aromatic rings. The van der Waals surface area contributed by atoms with Gasteiger partial charge in [0.1, 0.15) is 17.1 Å². The highest BCUT2D eigenvalue weighted by Gasteiger charge is 2.10. The lowest BCUT2D eigenvalue weighted by atomic mass is 10.1. The van der Waals surface area contributed by atoms with Crippen molar-refractivity contribution in [3.8, 4) is 11.5 Å². The van der Waals surface area contributed by atoms with Crippen molar-refractivity contribution >= 4 is 23.0 Å². The molecule has 0 amide bonds. The van der Waals surface area contributed by atoms with Gasteiger partial charge in [0.05, 0.1) is 24.2 Å². The summed E-state index contributed by atoms with van der Waals surface area (Å²) >= 11 is 0. The number of azo groups is 1. The predicted molar refractivity (Wildman–Crippen MR) is 81.4 cm³/mol. The second-order valence-corrected chi connectivity index (χ2v) is 4.59. The van der Waals surface area contributed by atoms with Gasteiger partial charge in [-0.25, -0.2) is 4.79 Å². The van der Waals surface area contributed by atoms with Crippen molar-refractivity contribution < 1.29 is 19.7 Å². The van der Waals surface area contributed by atoms with Gasteiger partial charge in [-0.3, -0.25) is 0 Å². The molecular weight excluding hydrogens is 286 g/mol. The Morgan fingerprint density at radius 1 is 1.23 bits per heavy atom. The Kier molecular flexibility index (Phi) is 4.26. The zero-order valence-corrected chi connectivity index (χ0v) is 12.1. The summed E-state index contributed by atoms with van der Waals surface area (Å²) in [5, 5.41) is 26.4. The highest BCUT2D eigenvalue weighted by molar-refractivity contribution is 5.91. The van der Waals surface area contributed by atoms with Crippen LogP contribution in [0.3, 0.4) is 0 Å². The van der Waals surface area contributed by atoms with Gasteiger partial charge in [0.2, 0.25) is 0 Å². The number of carboxylic acid groups (broad SMARTS) is 1. The molecule has 2 aromatic carbocycles. The first-order valence-corrected chi connectivity index (χ1v) is 6.34. The number of hydrogen-bond donors (Lipinski definition) is 3. The number of hydrogen-bond acceptors (Lipinski definition) is 6. The van der Waals surface area contributed by atoms with Gasteiger partial charge in [-0.05, 0) is 42.8 Å². The van der Waals surface area contributed by atoms with Crippen LogP contribution in [0.5, 0.6) is 11.5 Å². The summed E-state index contributed by atoms with van der Waals surface area (Å²) in [5.41, 5.74) is 7.68. The third kappa shape index (κ3) is 3.14. The van der Waals surface area contributed by atoms with E-state index in [4.69, 9.17) is 15.6 Å². The molecule has 0 spiro atoms. The molecule has 0 heterocycles. The number of nitrogens with two attached hydrogens (primary N) is 1. The molecule has 0 saturated heterocycles. The molecule has 7 heteroatoms. The molecule has 0 aliphatic carbocycles. The Balaban J connectivity index is 2.35. The zero-order valence-electron chi connectivity index (χ0n) is 12.1. The maximum Gasteiger partial charge on any atom is 0.339 e. The SMILES string of the molecule is COc1cc(C)c(N=Nc2ccc(O)c(C(=O)O)c2)cc1N. The van der Waals surface area contributed by atoms with E-state index in [1.807, 2.05) is 6.92 Å². The molecular formula is C15H15N3O4. The highest BCUT2D eigenvalue weighted by Crippen LogP contribution is 2.32. The van der Waals surface area contributed by atoms with E-state index in [-0.39, 0.29) is 11.3 Å².